The van der Waals surface area contributed by atoms with E-state index in [-0.39, 0.29) is 30.9 Å². The van der Waals surface area contributed by atoms with Crippen molar-refractivity contribution in [1.29, 1.82) is 0 Å². The molecule has 3 fully saturated rings. The van der Waals surface area contributed by atoms with Crippen LogP contribution in [0.15, 0.2) is 73.8 Å². The monoisotopic (exact) mass is 585 g/mol. The fraction of sp³-hybridized carbons (Fsp3) is 0.457. The average molecular weight is 586 g/mol. The van der Waals surface area contributed by atoms with Crippen molar-refractivity contribution in [3.8, 4) is 0 Å². The van der Waals surface area contributed by atoms with Crippen LogP contribution in [0.5, 0.6) is 0 Å². The van der Waals surface area contributed by atoms with Gasteiger partial charge in [0.15, 0.2) is 0 Å². The summed E-state index contributed by atoms with van der Waals surface area (Å²) in [5.41, 5.74) is 2.13. The van der Waals surface area contributed by atoms with Crippen molar-refractivity contribution < 1.29 is 24.2 Å². The number of carbonyl (C=O) groups is 3. The highest BCUT2D eigenvalue weighted by molar-refractivity contribution is 6.05. The summed E-state index contributed by atoms with van der Waals surface area (Å²) >= 11 is 0. The zero-order valence-electron chi connectivity index (χ0n) is 25.4. The molecule has 0 saturated carbocycles. The number of likely N-dealkylation sites (tertiary alicyclic amines) is 1. The Morgan fingerprint density at radius 2 is 1.74 bits per heavy atom. The first-order valence-corrected chi connectivity index (χ1v) is 15.3. The fourth-order valence-electron chi connectivity index (χ4n) is 7.74. The van der Waals surface area contributed by atoms with E-state index in [0.717, 1.165) is 23.2 Å². The molecule has 8 nitrogen and oxygen atoms in total. The summed E-state index contributed by atoms with van der Waals surface area (Å²) in [6, 6.07) is 13.3. The molecule has 3 saturated heterocycles. The van der Waals surface area contributed by atoms with E-state index < -0.39 is 35.6 Å². The van der Waals surface area contributed by atoms with E-state index in [2.05, 4.69) is 13.2 Å². The topological polar surface area (TPSA) is 90.4 Å². The number of aliphatic hydroxyl groups excluding tert-OH is 1. The number of anilines is 1. The normalized spacial score (nSPS) is 26.2. The van der Waals surface area contributed by atoms with E-state index >= 15 is 4.79 Å². The minimum Gasteiger partial charge on any atom is -0.394 e. The Morgan fingerprint density at radius 3 is 2.35 bits per heavy atom. The molecule has 228 valence electrons. The van der Waals surface area contributed by atoms with Crippen LogP contribution in [0, 0.1) is 25.7 Å². The Kier molecular flexibility index (Phi) is 8.90. The molecule has 2 bridgehead atoms. The van der Waals surface area contributed by atoms with E-state index in [9.17, 15) is 14.7 Å². The lowest BCUT2D eigenvalue weighted by Crippen LogP contribution is -2.57. The minimum atomic E-state index is -1.19. The number of ether oxygens (including phenoxy) is 1. The highest BCUT2D eigenvalue weighted by atomic mass is 16.5. The van der Waals surface area contributed by atoms with Crippen molar-refractivity contribution in [2.45, 2.75) is 63.8 Å². The molecule has 5 rings (SSSR count). The van der Waals surface area contributed by atoms with Crippen molar-refractivity contribution in [3.63, 3.8) is 0 Å². The summed E-state index contributed by atoms with van der Waals surface area (Å²) in [6.45, 7) is 14.4. The van der Waals surface area contributed by atoms with E-state index in [1.807, 2.05) is 69.3 Å². The zero-order valence-corrected chi connectivity index (χ0v) is 25.4. The van der Waals surface area contributed by atoms with Crippen LogP contribution in [-0.4, -0.2) is 76.6 Å². The van der Waals surface area contributed by atoms with Crippen LogP contribution in [0.1, 0.15) is 48.9 Å². The molecule has 3 amide bonds. The van der Waals surface area contributed by atoms with Gasteiger partial charge in [-0.1, -0.05) is 67.6 Å². The summed E-state index contributed by atoms with van der Waals surface area (Å²) in [5, 5.41) is 10.8. The van der Waals surface area contributed by atoms with Crippen molar-refractivity contribution in [1.82, 2.24) is 9.80 Å². The Labute approximate surface area is 254 Å². The molecule has 0 radical (unpaired) electrons. The van der Waals surface area contributed by atoms with Crippen molar-refractivity contribution in [2.24, 2.45) is 11.8 Å². The second-order valence-corrected chi connectivity index (χ2v) is 12.0. The number of hydrogen-bond acceptors (Lipinski definition) is 5. The van der Waals surface area contributed by atoms with Crippen LogP contribution in [0.4, 0.5) is 5.69 Å². The largest absolute Gasteiger partial charge is 0.394 e. The maximum atomic E-state index is 15.0. The first-order valence-electron chi connectivity index (χ1n) is 15.3. The summed E-state index contributed by atoms with van der Waals surface area (Å²) in [5.74, 6) is -2.31. The van der Waals surface area contributed by atoms with Crippen molar-refractivity contribution in [3.05, 3.63) is 90.5 Å². The number of carbonyl (C=O) groups excluding carboxylic acids is 3. The zero-order chi connectivity index (χ0) is 30.9. The molecule has 3 heterocycles. The third-order valence-corrected chi connectivity index (χ3v) is 9.39. The number of aliphatic hydroxyl groups is 1. The molecule has 0 aliphatic carbocycles. The van der Waals surface area contributed by atoms with E-state index in [1.165, 1.54) is 4.90 Å². The Morgan fingerprint density at radius 1 is 1.07 bits per heavy atom. The van der Waals surface area contributed by atoms with Gasteiger partial charge in [0.05, 0.1) is 30.6 Å². The van der Waals surface area contributed by atoms with Crippen LogP contribution in [0.2, 0.25) is 0 Å². The average Bonchev–Trinajstić information content (AvgIpc) is 3.64. The molecule has 1 N–H and O–H groups in total. The number of hydrogen-bond donors (Lipinski definition) is 1. The van der Waals surface area contributed by atoms with Gasteiger partial charge >= 0.3 is 0 Å². The molecular weight excluding hydrogens is 542 g/mol. The smallest absolute Gasteiger partial charge is 0.253 e. The lowest BCUT2D eigenvalue weighted by Gasteiger charge is -2.40. The lowest BCUT2D eigenvalue weighted by molar-refractivity contribution is -0.147. The van der Waals surface area contributed by atoms with E-state index in [4.69, 9.17) is 4.74 Å². The van der Waals surface area contributed by atoms with Crippen LogP contribution in [-0.2, 0) is 19.1 Å². The highest BCUT2D eigenvalue weighted by Gasteiger charge is 2.75. The van der Waals surface area contributed by atoms with Gasteiger partial charge in [-0.25, -0.2) is 0 Å². The van der Waals surface area contributed by atoms with Gasteiger partial charge in [0.2, 0.25) is 11.8 Å². The molecule has 2 aromatic rings. The van der Waals surface area contributed by atoms with Gasteiger partial charge in [0.1, 0.15) is 11.6 Å². The Balaban J connectivity index is 1.66. The number of benzene rings is 2. The van der Waals surface area contributed by atoms with Crippen LogP contribution in [0.25, 0.3) is 0 Å². The van der Waals surface area contributed by atoms with Crippen LogP contribution in [0.3, 0.4) is 0 Å². The number of nitrogens with zero attached hydrogens (tertiary/aromatic N) is 3. The molecule has 3 aliphatic rings. The third kappa shape index (κ3) is 5.00. The molecule has 2 aromatic carbocycles. The quantitative estimate of drug-likeness (QED) is 0.374. The van der Waals surface area contributed by atoms with Gasteiger partial charge in [-0.2, -0.15) is 0 Å². The number of rotatable bonds is 12. The van der Waals surface area contributed by atoms with Gasteiger partial charge < -0.3 is 24.5 Å². The van der Waals surface area contributed by atoms with Gasteiger partial charge in [0, 0.05) is 25.3 Å². The van der Waals surface area contributed by atoms with Gasteiger partial charge in [-0.3, -0.25) is 14.4 Å². The molecule has 3 aliphatic heterocycles. The maximum Gasteiger partial charge on any atom is 0.253 e. The minimum absolute atomic E-state index is 0.141. The van der Waals surface area contributed by atoms with E-state index in [0.29, 0.717) is 31.5 Å². The number of fused-ring (bicyclic) bond motifs is 1. The predicted octanol–water partition coefficient (Wildman–Crippen LogP) is 4.36. The molecule has 43 heavy (non-hydrogen) atoms. The van der Waals surface area contributed by atoms with Crippen LogP contribution >= 0.6 is 0 Å². The molecule has 2 unspecified atom stereocenters. The van der Waals surface area contributed by atoms with Crippen LogP contribution < -0.4 is 4.90 Å². The summed E-state index contributed by atoms with van der Waals surface area (Å²) in [6.07, 6.45) is 4.73. The standard InChI is InChI=1S/C35H43N3O5/c1-6-19-36(20-7-2)32(40)28-27-17-18-35(43-27)29(28)33(41)38(26(22-39)25-15-10-9-11-16-25)31(35)34(42)37(21-8-3)30-23(4)13-12-14-24(30)5/h6,8-16,26-29,31,39H,1,3,7,17-22H2,2,4-5H3/t26-,27-,28+,29+,31?,35?/m1/s1. The van der Waals surface area contributed by atoms with Gasteiger partial charge in [-0.15, -0.1) is 13.2 Å². The summed E-state index contributed by atoms with van der Waals surface area (Å²) in [7, 11) is 0. The fourth-order valence-corrected chi connectivity index (χ4v) is 7.74. The summed E-state index contributed by atoms with van der Waals surface area (Å²) in [4.78, 5) is 48.8. The van der Waals surface area contributed by atoms with Gasteiger partial charge in [0.25, 0.3) is 5.91 Å². The SMILES string of the molecule is C=CCN(CCC)C(=O)[C@@H]1[C@H]2C(=O)N([C@H](CO)c3ccccc3)C(C(=O)N(CC=C)c3c(C)cccc3C)C23CC[C@H]1O3. The second-order valence-electron chi connectivity index (χ2n) is 12.0. The first-order chi connectivity index (χ1) is 20.7. The number of amides is 3. The Hall–Kier alpha value is -3.75. The number of aryl methyl sites for hydroxylation is 2. The molecule has 8 heteroatoms. The first kappa shape index (κ1) is 30.7. The lowest BCUT2D eigenvalue weighted by atomic mass is 9.70. The number of para-hydroxylation sites is 1. The van der Waals surface area contributed by atoms with Crippen molar-refractivity contribution in [2.75, 3.05) is 31.1 Å². The predicted molar refractivity (Wildman–Crippen MR) is 166 cm³/mol. The molecular formula is C35H43N3O5. The second kappa shape index (κ2) is 12.5. The molecule has 0 aromatic heterocycles. The van der Waals surface area contributed by atoms with Gasteiger partial charge in [-0.05, 0) is 49.8 Å². The highest BCUT2D eigenvalue weighted by Crippen LogP contribution is 2.60. The van der Waals surface area contributed by atoms with E-state index in [1.54, 1.807) is 22.0 Å². The molecule has 6 atom stereocenters. The maximum absolute atomic E-state index is 15.0. The van der Waals surface area contributed by atoms with Crippen molar-refractivity contribution >= 4 is 23.4 Å². The third-order valence-electron chi connectivity index (χ3n) is 9.39. The molecule has 1 spiro atoms. The Bertz CT molecular complexity index is 1370. The summed E-state index contributed by atoms with van der Waals surface area (Å²) < 4.78 is 6.72.